The van der Waals surface area contributed by atoms with Gasteiger partial charge in [0.2, 0.25) is 0 Å². The topological polar surface area (TPSA) is 86.7 Å². The highest BCUT2D eigenvalue weighted by atomic mass is 16.4. The molecule has 0 unspecified atom stereocenters. The van der Waals surface area contributed by atoms with E-state index in [1.54, 1.807) is 29.2 Å². The molecule has 0 aliphatic rings. The van der Waals surface area contributed by atoms with Gasteiger partial charge < -0.3 is 15.3 Å². The lowest BCUT2D eigenvalue weighted by Gasteiger charge is -2.24. The van der Waals surface area contributed by atoms with Crippen molar-refractivity contribution >= 4 is 17.8 Å². The summed E-state index contributed by atoms with van der Waals surface area (Å²) in [4.78, 5) is 40.1. The fourth-order valence-corrected chi connectivity index (χ4v) is 4.56. The van der Waals surface area contributed by atoms with E-state index in [1.807, 2.05) is 85.8 Å². The quantitative estimate of drug-likeness (QED) is 0.264. The summed E-state index contributed by atoms with van der Waals surface area (Å²) in [5.41, 5.74) is 5.38. The average Bonchev–Trinajstić information content (AvgIpc) is 2.97. The lowest BCUT2D eigenvalue weighted by molar-refractivity contribution is -0.137. The van der Waals surface area contributed by atoms with Crippen LogP contribution in [-0.4, -0.2) is 40.9 Å². The van der Waals surface area contributed by atoms with Gasteiger partial charge in [-0.25, -0.2) is 0 Å². The van der Waals surface area contributed by atoms with Gasteiger partial charge in [-0.1, -0.05) is 91.0 Å². The highest BCUT2D eigenvalue weighted by Gasteiger charge is 2.22. The Morgan fingerprint density at radius 2 is 1.31 bits per heavy atom. The first-order valence-corrected chi connectivity index (χ1v) is 13.0. The van der Waals surface area contributed by atoms with Crippen LogP contribution in [0.5, 0.6) is 0 Å². The summed E-state index contributed by atoms with van der Waals surface area (Å²) >= 11 is 0. The van der Waals surface area contributed by atoms with Crippen LogP contribution in [0, 0.1) is 6.92 Å². The molecule has 6 heteroatoms. The van der Waals surface area contributed by atoms with E-state index in [1.165, 1.54) is 0 Å². The standard InChI is InChI=1S/C33H32N2O4/c1-24-11-5-6-14-26(24)19-21-35(22-20-31(36)37)33(39)30-18-10-8-16-28(30)27-15-7-9-17-29(27)32(38)34-23-25-12-3-2-4-13-25/h2-18H,19-23H2,1H3,(H,34,38)(H,36,37). The van der Waals surface area contributed by atoms with Gasteiger partial charge in [0, 0.05) is 30.8 Å². The summed E-state index contributed by atoms with van der Waals surface area (Å²) in [6.07, 6.45) is 0.457. The molecule has 0 aromatic heterocycles. The van der Waals surface area contributed by atoms with Crippen molar-refractivity contribution in [3.8, 4) is 11.1 Å². The predicted molar refractivity (Wildman–Crippen MR) is 153 cm³/mol. The van der Waals surface area contributed by atoms with Gasteiger partial charge in [-0.05, 0) is 53.3 Å². The number of amides is 2. The van der Waals surface area contributed by atoms with E-state index < -0.39 is 5.97 Å². The lowest BCUT2D eigenvalue weighted by atomic mass is 9.94. The van der Waals surface area contributed by atoms with Gasteiger partial charge in [0.1, 0.15) is 0 Å². The van der Waals surface area contributed by atoms with Crippen molar-refractivity contribution in [3.05, 3.63) is 131 Å². The molecule has 39 heavy (non-hydrogen) atoms. The van der Waals surface area contributed by atoms with E-state index in [-0.39, 0.29) is 24.8 Å². The zero-order valence-corrected chi connectivity index (χ0v) is 22.0. The SMILES string of the molecule is Cc1ccccc1CCN(CCC(=O)O)C(=O)c1ccccc1-c1ccccc1C(=O)NCc1ccccc1. The first kappa shape index (κ1) is 27.3. The largest absolute Gasteiger partial charge is 0.481 e. The van der Waals surface area contributed by atoms with E-state index in [4.69, 9.17) is 0 Å². The van der Waals surface area contributed by atoms with Crippen LogP contribution < -0.4 is 5.32 Å². The van der Waals surface area contributed by atoms with Gasteiger partial charge in [0.25, 0.3) is 11.8 Å². The Labute approximate surface area is 228 Å². The smallest absolute Gasteiger partial charge is 0.305 e. The maximum atomic E-state index is 13.9. The number of nitrogens with zero attached hydrogens (tertiary/aromatic N) is 1. The third-order valence-electron chi connectivity index (χ3n) is 6.71. The number of benzene rings is 4. The molecule has 0 radical (unpaired) electrons. The summed E-state index contributed by atoms with van der Waals surface area (Å²) in [7, 11) is 0. The molecule has 0 fully saturated rings. The van der Waals surface area contributed by atoms with Crippen LogP contribution >= 0.6 is 0 Å². The molecule has 198 valence electrons. The molecule has 0 bridgehead atoms. The predicted octanol–water partition coefficient (Wildman–Crippen LogP) is 5.75. The number of carbonyl (C=O) groups excluding carboxylic acids is 2. The molecule has 0 spiro atoms. The van der Waals surface area contributed by atoms with Crippen LogP contribution in [0.3, 0.4) is 0 Å². The number of aryl methyl sites for hydroxylation is 1. The van der Waals surface area contributed by atoms with Crippen LogP contribution in [0.25, 0.3) is 11.1 Å². The number of carboxylic acid groups (broad SMARTS) is 1. The number of hydrogen-bond acceptors (Lipinski definition) is 3. The Balaban J connectivity index is 1.61. The Bertz CT molecular complexity index is 1450. The number of carboxylic acids is 1. The molecule has 0 atom stereocenters. The van der Waals surface area contributed by atoms with Crippen LogP contribution in [0.1, 0.15) is 43.8 Å². The van der Waals surface area contributed by atoms with Crippen molar-refractivity contribution in [2.24, 2.45) is 0 Å². The van der Waals surface area contributed by atoms with Gasteiger partial charge in [-0.3, -0.25) is 14.4 Å². The van der Waals surface area contributed by atoms with Crippen LogP contribution in [0.2, 0.25) is 0 Å². The molecule has 4 rings (SSSR count). The monoisotopic (exact) mass is 520 g/mol. The Morgan fingerprint density at radius 1 is 0.718 bits per heavy atom. The van der Waals surface area contributed by atoms with Crippen molar-refractivity contribution in [3.63, 3.8) is 0 Å². The fraction of sp³-hybridized carbons (Fsp3) is 0.182. The summed E-state index contributed by atoms with van der Waals surface area (Å²) in [5, 5.41) is 12.3. The summed E-state index contributed by atoms with van der Waals surface area (Å²) < 4.78 is 0. The second-order valence-corrected chi connectivity index (χ2v) is 9.37. The molecule has 0 heterocycles. The minimum absolute atomic E-state index is 0.0909. The number of rotatable bonds is 11. The fourth-order valence-electron chi connectivity index (χ4n) is 4.56. The van der Waals surface area contributed by atoms with Crippen molar-refractivity contribution in [1.82, 2.24) is 10.2 Å². The third kappa shape index (κ3) is 7.20. The van der Waals surface area contributed by atoms with Gasteiger partial charge in [-0.2, -0.15) is 0 Å². The number of hydrogen-bond donors (Lipinski definition) is 2. The Kier molecular flexibility index (Phi) is 9.25. The summed E-state index contributed by atoms with van der Waals surface area (Å²) in [5.74, 6) is -1.46. The lowest BCUT2D eigenvalue weighted by Crippen LogP contribution is -2.35. The third-order valence-corrected chi connectivity index (χ3v) is 6.71. The van der Waals surface area contributed by atoms with Gasteiger partial charge in [0.05, 0.1) is 6.42 Å². The van der Waals surface area contributed by atoms with E-state index in [0.717, 1.165) is 16.7 Å². The van der Waals surface area contributed by atoms with Crippen molar-refractivity contribution in [2.75, 3.05) is 13.1 Å². The molecule has 4 aromatic rings. The van der Waals surface area contributed by atoms with Crippen molar-refractivity contribution < 1.29 is 19.5 Å². The minimum Gasteiger partial charge on any atom is -0.481 e. The molecule has 2 amide bonds. The van der Waals surface area contributed by atoms with Crippen LogP contribution in [-0.2, 0) is 17.8 Å². The van der Waals surface area contributed by atoms with Gasteiger partial charge in [0.15, 0.2) is 0 Å². The van der Waals surface area contributed by atoms with Crippen molar-refractivity contribution in [2.45, 2.75) is 26.3 Å². The second-order valence-electron chi connectivity index (χ2n) is 9.37. The molecule has 6 nitrogen and oxygen atoms in total. The first-order chi connectivity index (χ1) is 18.9. The number of carbonyl (C=O) groups is 3. The van der Waals surface area contributed by atoms with E-state index in [0.29, 0.717) is 41.8 Å². The second kappa shape index (κ2) is 13.2. The highest BCUT2D eigenvalue weighted by Crippen LogP contribution is 2.28. The zero-order valence-electron chi connectivity index (χ0n) is 22.0. The van der Waals surface area contributed by atoms with Gasteiger partial charge >= 0.3 is 5.97 Å². The van der Waals surface area contributed by atoms with E-state index in [9.17, 15) is 19.5 Å². The van der Waals surface area contributed by atoms with Crippen LogP contribution in [0.4, 0.5) is 0 Å². The maximum Gasteiger partial charge on any atom is 0.305 e. The molecule has 0 aliphatic heterocycles. The number of aliphatic carboxylic acids is 1. The molecule has 0 aliphatic carbocycles. The first-order valence-electron chi connectivity index (χ1n) is 13.0. The Morgan fingerprint density at radius 3 is 2.00 bits per heavy atom. The molecule has 4 aromatic carbocycles. The van der Waals surface area contributed by atoms with Crippen molar-refractivity contribution in [1.29, 1.82) is 0 Å². The minimum atomic E-state index is -0.961. The molecule has 2 N–H and O–H groups in total. The van der Waals surface area contributed by atoms with E-state index >= 15 is 0 Å². The van der Waals surface area contributed by atoms with Gasteiger partial charge in [-0.15, -0.1) is 0 Å². The molecule has 0 saturated heterocycles. The maximum absolute atomic E-state index is 13.9. The average molecular weight is 521 g/mol. The Hall–Kier alpha value is -4.71. The highest BCUT2D eigenvalue weighted by molar-refractivity contribution is 6.06. The van der Waals surface area contributed by atoms with E-state index in [2.05, 4.69) is 5.32 Å². The molecule has 0 saturated carbocycles. The zero-order chi connectivity index (χ0) is 27.6. The van der Waals surface area contributed by atoms with Crippen LogP contribution in [0.15, 0.2) is 103 Å². The summed E-state index contributed by atoms with van der Waals surface area (Å²) in [6, 6.07) is 32.0. The number of nitrogens with one attached hydrogen (secondary N) is 1. The molecular formula is C33H32N2O4. The summed E-state index contributed by atoms with van der Waals surface area (Å²) in [6.45, 7) is 2.88. The molecular weight excluding hydrogens is 488 g/mol. The normalized spacial score (nSPS) is 10.6.